The molecule has 1 aliphatic rings. The van der Waals surface area contributed by atoms with Gasteiger partial charge in [-0.1, -0.05) is 37.6 Å². The first-order chi connectivity index (χ1) is 15.5. The van der Waals surface area contributed by atoms with Crippen molar-refractivity contribution in [1.29, 1.82) is 0 Å². The molecule has 0 heterocycles. The summed E-state index contributed by atoms with van der Waals surface area (Å²) >= 11 is 0. The largest absolute Gasteiger partial charge is 0.398 e. The maximum Gasteiger partial charge on any atom is 0.196 e. The Balaban J connectivity index is 1.88. The quantitative estimate of drug-likeness (QED) is 0.263. The molecule has 0 radical (unpaired) electrons. The van der Waals surface area contributed by atoms with E-state index in [2.05, 4.69) is 6.92 Å². The van der Waals surface area contributed by atoms with Gasteiger partial charge >= 0.3 is 0 Å². The number of fused-ring (bicyclic) bond motifs is 2. The van der Waals surface area contributed by atoms with Crippen molar-refractivity contribution >= 4 is 40.6 Å². The Morgan fingerprint density at radius 3 is 2.12 bits per heavy atom. The fraction of sp³-hybridized carbons (Fsp3) is 0.154. The summed E-state index contributed by atoms with van der Waals surface area (Å²) in [5.74, 6) is -0.795. The zero-order valence-electron chi connectivity index (χ0n) is 17.7. The molecule has 6 heteroatoms. The number of nitrogens with zero attached hydrogens (tertiary/aromatic N) is 1. The predicted molar refractivity (Wildman–Crippen MR) is 126 cm³/mol. The van der Waals surface area contributed by atoms with Gasteiger partial charge in [-0.3, -0.25) is 19.4 Å². The Morgan fingerprint density at radius 1 is 0.875 bits per heavy atom. The number of rotatable bonds is 6. The number of anilines is 2. The number of aldehydes is 1. The van der Waals surface area contributed by atoms with Crippen LogP contribution in [0.25, 0.3) is 0 Å². The molecular weight excluding hydrogens is 402 g/mol. The molecule has 160 valence electrons. The molecule has 32 heavy (non-hydrogen) atoms. The van der Waals surface area contributed by atoms with Gasteiger partial charge in [-0.05, 0) is 43.2 Å². The lowest BCUT2D eigenvalue weighted by molar-refractivity contribution is 0.0980. The molecule has 0 bridgehead atoms. The van der Waals surface area contributed by atoms with Crippen molar-refractivity contribution in [2.45, 2.75) is 26.2 Å². The average molecular weight is 425 g/mol. The highest BCUT2D eigenvalue weighted by atomic mass is 16.1. The van der Waals surface area contributed by atoms with Crippen LogP contribution in [0.4, 0.5) is 17.1 Å². The van der Waals surface area contributed by atoms with Gasteiger partial charge in [0.15, 0.2) is 17.9 Å². The second-order valence-electron chi connectivity index (χ2n) is 7.71. The van der Waals surface area contributed by atoms with E-state index >= 15 is 0 Å². The highest BCUT2D eigenvalue weighted by molar-refractivity contribution is 6.33. The van der Waals surface area contributed by atoms with Crippen LogP contribution in [0, 0.1) is 0 Å². The van der Waals surface area contributed by atoms with Crippen molar-refractivity contribution in [2.24, 2.45) is 4.99 Å². The minimum absolute atomic E-state index is 0.0124. The number of carbonyl (C=O) groups excluding carboxylic acids is 3. The van der Waals surface area contributed by atoms with E-state index in [9.17, 15) is 14.4 Å². The van der Waals surface area contributed by atoms with Crippen LogP contribution in [0.1, 0.15) is 74.0 Å². The molecule has 0 unspecified atom stereocenters. The third kappa shape index (κ3) is 3.50. The zero-order chi connectivity index (χ0) is 22.8. The number of aliphatic imine (C=N–C) groups is 1. The molecule has 0 fully saturated rings. The number of carbonyl (C=O) groups is 3. The number of hydrogen-bond donors (Lipinski definition) is 2. The predicted octanol–water partition coefficient (Wildman–Crippen LogP) is 4.75. The molecular formula is C26H23N3O3. The summed E-state index contributed by atoms with van der Waals surface area (Å²) in [6.45, 7) is 2.09. The molecule has 4 N–H and O–H groups in total. The fourth-order valence-corrected chi connectivity index (χ4v) is 4.00. The summed E-state index contributed by atoms with van der Waals surface area (Å²) in [6, 6.07) is 15.8. The first kappa shape index (κ1) is 21.2. The lowest BCUT2D eigenvalue weighted by atomic mass is 9.80. The van der Waals surface area contributed by atoms with Gasteiger partial charge in [0.05, 0.1) is 33.9 Å². The lowest BCUT2D eigenvalue weighted by Crippen LogP contribution is -2.25. The summed E-state index contributed by atoms with van der Waals surface area (Å²) in [4.78, 5) is 42.6. The van der Waals surface area contributed by atoms with Gasteiger partial charge in [-0.2, -0.15) is 0 Å². The van der Waals surface area contributed by atoms with Crippen LogP contribution < -0.4 is 11.5 Å². The van der Waals surface area contributed by atoms with E-state index < -0.39 is 5.78 Å². The summed E-state index contributed by atoms with van der Waals surface area (Å²) in [6.07, 6.45) is 3.13. The van der Waals surface area contributed by atoms with Crippen molar-refractivity contribution < 1.29 is 14.4 Å². The Morgan fingerprint density at radius 2 is 1.50 bits per heavy atom. The molecule has 3 aromatic carbocycles. The fourth-order valence-electron chi connectivity index (χ4n) is 4.00. The maximum atomic E-state index is 13.4. The molecule has 0 spiro atoms. The number of nitrogen functional groups attached to an aromatic ring is 2. The summed E-state index contributed by atoms with van der Waals surface area (Å²) < 4.78 is 0. The van der Waals surface area contributed by atoms with Crippen molar-refractivity contribution in [1.82, 2.24) is 0 Å². The van der Waals surface area contributed by atoms with E-state index in [0.29, 0.717) is 18.3 Å². The molecule has 3 aromatic rings. The third-order valence-corrected chi connectivity index (χ3v) is 5.69. The van der Waals surface area contributed by atoms with Crippen molar-refractivity contribution in [3.05, 3.63) is 88.0 Å². The molecule has 0 saturated heterocycles. The van der Waals surface area contributed by atoms with Crippen LogP contribution in [-0.2, 0) is 0 Å². The highest BCUT2D eigenvalue weighted by Gasteiger charge is 2.34. The summed E-state index contributed by atoms with van der Waals surface area (Å²) in [5.41, 5.74) is 15.7. The van der Waals surface area contributed by atoms with E-state index in [0.717, 1.165) is 24.2 Å². The number of hydrogen-bond acceptors (Lipinski definition) is 6. The van der Waals surface area contributed by atoms with Crippen molar-refractivity contribution in [3.8, 4) is 0 Å². The minimum Gasteiger partial charge on any atom is -0.398 e. The number of unbranched alkanes of at least 4 members (excludes halogenated alkanes) is 1. The highest BCUT2D eigenvalue weighted by Crippen LogP contribution is 2.36. The molecule has 0 aromatic heterocycles. The smallest absolute Gasteiger partial charge is 0.196 e. The van der Waals surface area contributed by atoms with Crippen LogP contribution in [0.5, 0.6) is 0 Å². The van der Waals surface area contributed by atoms with E-state index in [4.69, 9.17) is 16.5 Å². The first-order valence-electron chi connectivity index (χ1n) is 10.5. The third-order valence-electron chi connectivity index (χ3n) is 5.69. The Hall–Kier alpha value is -4.06. The molecule has 0 amide bonds. The van der Waals surface area contributed by atoms with E-state index in [1.807, 2.05) is 30.3 Å². The maximum absolute atomic E-state index is 13.4. The Bertz CT molecular complexity index is 1280. The molecule has 0 aliphatic heterocycles. The zero-order valence-corrected chi connectivity index (χ0v) is 17.7. The average Bonchev–Trinajstić information content (AvgIpc) is 2.80. The van der Waals surface area contributed by atoms with E-state index in [-0.39, 0.29) is 45.0 Å². The first-order valence-corrected chi connectivity index (χ1v) is 10.5. The molecule has 0 saturated carbocycles. The van der Waals surface area contributed by atoms with Crippen LogP contribution in [-0.4, -0.2) is 23.6 Å². The topological polar surface area (TPSA) is 116 Å². The van der Waals surface area contributed by atoms with E-state index in [1.54, 1.807) is 12.1 Å². The van der Waals surface area contributed by atoms with Gasteiger partial charge in [0.2, 0.25) is 0 Å². The number of benzene rings is 3. The van der Waals surface area contributed by atoms with Crippen LogP contribution in [0.3, 0.4) is 0 Å². The van der Waals surface area contributed by atoms with Gasteiger partial charge in [0.25, 0.3) is 0 Å². The lowest BCUT2D eigenvalue weighted by Gasteiger charge is -2.22. The van der Waals surface area contributed by atoms with Gasteiger partial charge < -0.3 is 11.5 Å². The van der Waals surface area contributed by atoms with Crippen molar-refractivity contribution in [3.63, 3.8) is 0 Å². The standard InChI is InChI=1S/C26H23N3O3/c1-2-3-9-20(29-16-7-5-4-6-8-16)17-12-13-19-22(24(17)28)26(32)18-11-10-15(14-30)23(27)21(18)25(19)31/h4-8,10-14H,2-3,9,27-28H2,1H3. The second-order valence-corrected chi connectivity index (χ2v) is 7.71. The summed E-state index contributed by atoms with van der Waals surface area (Å²) in [5, 5.41) is 0. The van der Waals surface area contributed by atoms with Gasteiger partial charge in [0, 0.05) is 22.3 Å². The number of para-hydroxylation sites is 1. The van der Waals surface area contributed by atoms with Gasteiger partial charge in [-0.15, -0.1) is 0 Å². The normalized spacial score (nSPS) is 13.0. The number of ketones is 2. The molecule has 1 aliphatic carbocycles. The van der Waals surface area contributed by atoms with Gasteiger partial charge in [-0.25, -0.2) is 0 Å². The molecule has 4 rings (SSSR count). The number of nitrogens with two attached hydrogens (primary N) is 2. The van der Waals surface area contributed by atoms with Gasteiger partial charge in [0.1, 0.15) is 0 Å². The minimum atomic E-state index is -0.413. The van der Waals surface area contributed by atoms with Crippen LogP contribution >= 0.6 is 0 Å². The van der Waals surface area contributed by atoms with Crippen LogP contribution in [0.15, 0.2) is 59.6 Å². The molecule has 6 nitrogen and oxygen atoms in total. The molecule has 0 atom stereocenters. The van der Waals surface area contributed by atoms with Crippen LogP contribution in [0.2, 0.25) is 0 Å². The monoisotopic (exact) mass is 425 g/mol. The van der Waals surface area contributed by atoms with Crippen molar-refractivity contribution in [2.75, 3.05) is 11.5 Å². The SMILES string of the molecule is CCCCC(=Nc1ccccc1)c1ccc2c(c1N)C(=O)c1ccc(C=O)c(N)c1C2=O. The Labute approximate surface area is 186 Å². The Kier molecular flexibility index (Phi) is 5.69. The second kappa shape index (κ2) is 8.59. The summed E-state index contributed by atoms with van der Waals surface area (Å²) in [7, 11) is 0. The van der Waals surface area contributed by atoms with E-state index in [1.165, 1.54) is 12.1 Å².